The Morgan fingerprint density at radius 2 is 0.935 bits per heavy atom. The van der Waals surface area contributed by atoms with Gasteiger partial charge in [-0.1, -0.05) is 344 Å². The Bertz CT molecular complexity index is 4940. The van der Waals surface area contributed by atoms with Gasteiger partial charge in [0.2, 0.25) is 10.0 Å². The van der Waals surface area contributed by atoms with E-state index in [1.54, 1.807) is 35.7 Å². The molecule has 0 aliphatic heterocycles. The molecule has 4 aromatic heterocycles. The minimum Gasteiger partial charge on any atom is -0.244 e. The van der Waals surface area contributed by atoms with Crippen molar-refractivity contribution in [2.75, 3.05) is 0 Å². The van der Waals surface area contributed by atoms with Gasteiger partial charge in [-0.15, -0.1) is 11.3 Å². The molecule has 11 aromatic rings. The topological polar surface area (TPSA) is 153 Å². The Hall–Kier alpha value is -6.48. The number of thiophene rings is 1. The minimum atomic E-state index is -4.24. The van der Waals surface area contributed by atoms with Gasteiger partial charge in [-0.2, -0.15) is 18.3 Å². The maximum absolute atomic E-state index is 12.5. The van der Waals surface area contributed by atoms with Crippen LogP contribution in [0.25, 0.3) is 16.1 Å². The fourth-order valence-corrected chi connectivity index (χ4v) is 17.8. The molecule has 0 saturated heterocycles. The number of pyridine rings is 2. The zero-order valence-corrected chi connectivity index (χ0v) is 85.3. The Kier molecular flexibility index (Phi) is 51.5. The van der Waals surface area contributed by atoms with Crippen LogP contribution in [-0.4, -0.2) is 28.2 Å². The van der Waals surface area contributed by atoms with Crippen LogP contribution in [0, 0.1) is 38.2 Å². The first-order valence-corrected chi connectivity index (χ1v) is 47.0. The summed E-state index contributed by atoms with van der Waals surface area (Å²) in [6.45, 7) is 58.3. The van der Waals surface area contributed by atoms with Gasteiger partial charge in [-0.25, -0.2) is 28.2 Å². The van der Waals surface area contributed by atoms with Gasteiger partial charge in [0.25, 0.3) is 0 Å². The van der Waals surface area contributed by atoms with E-state index in [9.17, 15) is 21.6 Å². The molecule has 2 N–H and O–H groups in total. The molecular weight excluding hydrogens is 1840 g/mol. The van der Waals surface area contributed by atoms with Gasteiger partial charge in [0.05, 0.1) is 26.9 Å². The molecule has 10 nitrogen and oxygen atoms in total. The summed E-state index contributed by atoms with van der Waals surface area (Å²) in [6, 6.07) is 54.8. The molecule has 7 aromatic carbocycles. The molecule has 0 radical (unpaired) electrons. The van der Waals surface area contributed by atoms with Crippen molar-refractivity contribution >= 4 is 131 Å². The summed E-state index contributed by atoms with van der Waals surface area (Å²) >= 11 is 45.4. The molecule has 23 heteroatoms. The van der Waals surface area contributed by atoms with Crippen LogP contribution in [0.3, 0.4) is 0 Å². The first kappa shape index (κ1) is 115. The maximum Gasteiger partial charge on any atom is 0.416 e. The molecule has 11 rings (SSSR count). The quantitative estimate of drug-likeness (QED) is 0.0400. The number of hydrogen-bond donors (Lipinski definition) is 1. The van der Waals surface area contributed by atoms with E-state index in [2.05, 4.69) is 243 Å². The van der Waals surface area contributed by atoms with E-state index in [0.29, 0.717) is 63.6 Å². The number of sulfonamides is 1. The van der Waals surface area contributed by atoms with Crippen molar-refractivity contribution in [3.8, 4) is 5.69 Å². The van der Waals surface area contributed by atoms with Crippen LogP contribution in [0.4, 0.5) is 18.9 Å². The van der Waals surface area contributed by atoms with E-state index < -0.39 is 21.8 Å². The molecule has 123 heavy (non-hydrogen) atoms. The summed E-state index contributed by atoms with van der Waals surface area (Å²) in [7, 11) is -3.68. The zero-order chi connectivity index (χ0) is 93.2. The summed E-state index contributed by atoms with van der Waals surface area (Å²) < 4.78 is 63.3. The molecular formula is C100H131Cl7F3IN8O2S2. The monoisotopic (exact) mass is 1970 g/mol. The summed E-state index contributed by atoms with van der Waals surface area (Å²) in [5.74, 6) is 4.38. The van der Waals surface area contributed by atoms with Crippen LogP contribution < -0.4 is 5.14 Å². The number of alkyl halides is 3. The number of hydrogen-bond acceptors (Lipinski definition) is 7. The molecule has 0 unspecified atom stereocenters. The molecule has 0 spiro atoms. The Morgan fingerprint density at radius 3 is 1.30 bits per heavy atom. The lowest BCUT2D eigenvalue weighted by Crippen LogP contribution is -2.17. The molecule has 0 aliphatic rings. The highest BCUT2D eigenvalue weighted by Gasteiger charge is 2.33. The predicted molar refractivity (Wildman–Crippen MR) is 538 cm³/mol. The average Bonchev–Trinajstić information content (AvgIpc) is 1.65. The second-order valence-corrected chi connectivity index (χ2v) is 39.8. The third-order valence-corrected chi connectivity index (χ3v) is 24.3. The van der Waals surface area contributed by atoms with Crippen LogP contribution in [0.2, 0.25) is 35.4 Å². The van der Waals surface area contributed by atoms with Gasteiger partial charge in [-0.3, -0.25) is 0 Å². The average molecular weight is 1970 g/mol. The van der Waals surface area contributed by atoms with Crippen molar-refractivity contribution in [3.05, 3.63) is 331 Å². The molecule has 4 heterocycles. The van der Waals surface area contributed by atoms with E-state index in [0.717, 1.165) is 81.4 Å². The maximum atomic E-state index is 12.5. The number of azide groups is 1. The number of aromatic nitrogens is 4. The highest BCUT2D eigenvalue weighted by molar-refractivity contribution is 14.1. The first-order chi connectivity index (χ1) is 56.6. The van der Waals surface area contributed by atoms with Crippen molar-refractivity contribution in [2.45, 2.75) is 277 Å². The van der Waals surface area contributed by atoms with Crippen molar-refractivity contribution in [2.24, 2.45) is 10.3 Å². The number of rotatable bonds is 13. The lowest BCUT2D eigenvalue weighted by molar-refractivity contribution is -0.138. The minimum absolute atomic E-state index is 0. The van der Waals surface area contributed by atoms with Crippen molar-refractivity contribution < 1.29 is 21.6 Å². The van der Waals surface area contributed by atoms with Gasteiger partial charge >= 0.3 is 6.18 Å². The largest absolute Gasteiger partial charge is 0.416 e. The van der Waals surface area contributed by atoms with E-state index in [1.165, 1.54) is 73.0 Å². The number of nitrogens with zero attached hydrogens (tertiary/aromatic N) is 7. The van der Waals surface area contributed by atoms with Crippen molar-refractivity contribution in [3.63, 3.8) is 0 Å². The molecule has 0 saturated carbocycles. The number of benzene rings is 7. The van der Waals surface area contributed by atoms with Crippen molar-refractivity contribution in [1.82, 2.24) is 19.7 Å². The van der Waals surface area contributed by atoms with Gasteiger partial charge < -0.3 is 0 Å². The summed E-state index contributed by atoms with van der Waals surface area (Å²) in [6.07, 6.45) is -2.54. The van der Waals surface area contributed by atoms with Crippen LogP contribution in [0.1, 0.15) is 320 Å². The molecule has 672 valence electrons. The van der Waals surface area contributed by atoms with Gasteiger partial charge in [0.1, 0.15) is 10.3 Å². The highest BCUT2D eigenvalue weighted by Crippen LogP contribution is 2.37. The Morgan fingerprint density at radius 1 is 0.472 bits per heavy atom. The van der Waals surface area contributed by atoms with E-state index in [4.69, 9.17) is 91.9 Å². The number of halogens is 11. The standard InChI is InChI=1S/C16H23N3O2S.C11H13F3.C11H16.C10H13N3.C9H10Cl2.C9H10ClI.C9H12ClN.C9H11Cl.C8H10ClN.C7H9ClS.CH4/c1-11(2)14-10-15(16(3,4)5)19(18-14)12-6-8-13(9-7-12)22(17,20)21;1-7(2)9-5-4-8(3)10(6-9)11(12,13)14;1-8(2)11-9(3)6-5-7-10(11)4;1-7(2)10-8(3)5-4-6-9(10)12-13-11;2*1-6(2)9-7(10)4-3-5-8(9)11;1-6(2)8-5-4-7(3)11-9(8)10;1-7(2)8-5-3-4-6-9(8)10;1-6(2)7-4-3-5-10-8(7)9;1-5(2)7-6(8)3-4-9-7;/h6-11H,1-5H3,(H2,17,20,21);4-7H,1-3H3;5-8H,1-4H3;4-7H,1-3H3;2*3-6H,1-2H3;4-6H,1-3H3;3-7H,1-2H3;3-6H,1-2H3;3-5H,1-2H3;1H4. The first-order valence-electron chi connectivity index (χ1n) is 40.8. The summed E-state index contributed by atoms with van der Waals surface area (Å²) in [4.78, 5) is 12.3. The number of primary sulfonamides is 1. The van der Waals surface area contributed by atoms with Gasteiger partial charge in [-0.05, 0) is 279 Å². The van der Waals surface area contributed by atoms with Crippen LogP contribution >= 0.6 is 115 Å². The van der Waals surface area contributed by atoms with Crippen molar-refractivity contribution in [1.29, 1.82) is 0 Å². The lowest BCUT2D eigenvalue weighted by Gasteiger charge is -2.20. The second-order valence-electron chi connectivity index (χ2n) is 33.4. The lowest BCUT2D eigenvalue weighted by atomic mass is 9.91. The number of aryl methyl sites for hydroxylation is 5. The SMILES string of the molecule is C.CC(C)c1c(Cl)cccc1Cl.CC(C)c1c(Cl)cccc1I.CC(C)c1cc(C(C)(C)C)n(-c2ccc(S(N)(=O)=O)cc2)n1.CC(C)c1ccccc1Cl.CC(C)c1cccnc1Cl.CC(C)c1sccc1Cl.Cc1ccc(C(C)C)c(Cl)n1.Cc1ccc(C(C)C)cc1C(F)(F)F.Cc1cccc(C)c1C(C)C.Cc1cccc(N=[N+]=[N-])c1C(C)C. The van der Waals surface area contributed by atoms with Crippen LogP contribution in [0.15, 0.2) is 198 Å². The van der Waals surface area contributed by atoms with E-state index in [1.807, 2.05) is 135 Å². The predicted octanol–water partition coefficient (Wildman–Crippen LogP) is 36.4. The highest BCUT2D eigenvalue weighted by atomic mass is 127. The fourth-order valence-electron chi connectivity index (χ4n) is 12.4. The normalized spacial score (nSPS) is 11.0. The summed E-state index contributed by atoms with van der Waals surface area (Å²) in [5, 5.41) is 20.9. The second kappa shape index (κ2) is 55.3. The van der Waals surface area contributed by atoms with Gasteiger partial charge in [0.15, 0.2) is 0 Å². The van der Waals surface area contributed by atoms with E-state index in [-0.39, 0.29) is 29.2 Å². The smallest absolute Gasteiger partial charge is 0.244 e. The molecule has 0 bridgehead atoms. The van der Waals surface area contributed by atoms with Crippen LogP contribution in [0.5, 0.6) is 0 Å². The molecule has 0 fully saturated rings. The Balaban J connectivity index is 0.000000691. The van der Waals surface area contributed by atoms with E-state index >= 15 is 0 Å². The molecule has 0 atom stereocenters. The third kappa shape index (κ3) is 39.3. The molecule has 0 aliphatic carbocycles. The summed E-state index contributed by atoms with van der Waals surface area (Å²) in [5.41, 5.74) is 25.8. The molecule has 0 amide bonds. The third-order valence-electron chi connectivity index (χ3n) is 18.8. The van der Waals surface area contributed by atoms with Gasteiger partial charge in [0, 0.05) is 62.1 Å². The van der Waals surface area contributed by atoms with Crippen LogP contribution in [-0.2, 0) is 21.6 Å². The number of nitrogens with two attached hydrogens (primary N) is 1. The Labute approximate surface area is 789 Å². The fraction of sp³-hybridized carbons (Fsp3) is 0.410. The zero-order valence-electron chi connectivity index (χ0n) is 76.2.